The zero-order valence-electron chi connectivity index (χ0n) is 17.6. The SMILES string of the molecule is COCC(C)n1c(C)cc(/C=C(/C#N)C(=O)NC(C)Cc2ccc(Br)cc2)c1C. The maximum atomic E-state index is 12.6. The number of carbonyl (C=O) groups is 1. The molecule has 2 aromatic rings. The van der Waals surface area contributed by atoms with E-state index < -0.39 is 0 Å². The van der Waals surface area contributed by atoms with Gasteiger partial charge in [0.1, 0.15) is 11.6 Å². The van der Waals surface area contributed by atoms with Gasteiger partial charge in [-0.3, -0.25) is 4.79 Å². The molecule has 0 bridgehead atoms. The van der Waals surface area contributed by atoms with Gasteiger partial charge in [-0.25, -0.2) is 0 Å². The Kier molecular flexibility index (Phi) is 8.24. The fourth-order valence-corrected chi connectivity index (χ4v) is 3.84. The molecule has 1 heterocycles. The zero-order valence-corrected chi connectivity index (χ0v) is 19.2. The summed E-state index contributed by atoms with van der Waals surface area (Å²) >= 11 is 3.42. The maximum Gasteiger partial charge on any atom is 0.262 e. The normalized spacial score (nSPS) is 13.6. The van der Waals surface area contributed by atoms with E-state index in [1.807, 2.05) is 57.2 Å². The van der Waals surface area contributed by atoms with Crippen LogP contribution >= 0.6 is 15.9 Å². The molecule has 0 aliphatic heterocycles. The van der Waals surface area contributed by atoms with Crippen LogP contribution in [0.2, 0.25) is 0 Å². The summed E-state index contributed by atoms with van der Waals surface area (Å²) in [5, 5.41) is 12.5. The lowest BCUT2D eigenvalue weighted by Crippen LogP contribution is -2.34. The van der Waals surface area contributed by atoms with E-state index in [0.29, 0.717) is 13.0 Å². The molecule has 6 heteroatoms. The summed E-state index contributed by atoms with van der Waals surface area (Å²) in [7, 11) is 1.68. The summed E-state index contributed by atoms with van der Waals surface area (Å²) in [4.78, 5) is 12.6. The fourth-order valence-electron chi connectivity index (χ4n) is 3.57. The summed E-state index contributed by atoms with van der Waals surface area (Å²) in [5.41, 5.74) is 4.18. The number of amides is 1. The molecule has 1 aromatic carbocycles. The monoisotopic (exact) mass is 457 g/mol. The van der Waals surface area contributed by atoms with Crippen LogP contribution < -0.4 is 5.32 Å². The summed E-state index contributed by atoms with van der Waals surface area (Å²) < 4.78 is 8.45. The van der Waals surface area contributed by atoms with Gasteiger partial charge in [0.2, 0.25) is 0 Å². The van der Waals surface area contributed by atoms with Gasteiger partial charge in [0, 0.05) is 29.0 Å². The number of benzene rings is 1. The van der Waals surface area contributed by atoms with Gasteiger partial charge in [-0.05, 0) is 69.5 Å². The average molecular weight is 458 g/mol. The molecule has 1 N–H and O–H groups in total. The largest absolute Gasteiger partial charge is 0.383 e. The van der Waals surface area contributed by atoms with E-state index in [9.17, 15) is 10.1 Å². The van der Waals surface area contributed by atoms with Crippen molar-refractivity contribution in [1.29, 1.82) is 5.26 Å². The molecule has 2 unspecified atom stereocenters. The van der Waals surface area contributed by atoms with Crippen LogP contribution in [0.15, 0.2) is 40.4 Å². The number of nitriles is 1. The first-order valence-electron chi connectivity index (χ1n) is 9.61. The third-order valence-corrected chi connectivity index (χ3v) is 5.40. The second-order valence-electron chi connectivity index (χ2n) is 7.38. The molecule has 0 radical (unpaired) electrons. The Labute approximate surface area is 181 Å². The molecule has 2 atom stereocenters. The van der Waals surface area contributed by atoms with Crippen LogP contribution in [0, 0.1) is 25.2 Å². The number of ether oxygens (including phenoxy) is 1. The summed E-state index contributed by atoms with van der Waals surface area (Å²) in [6, 6.07) is 12.1. The zero-order chi connectivity index (χ0) is 21.6. The number of aryl methyl sites for hydroxylation is 1. The predicted octanol–water partition coefficient (Wildman–Crippen LogP) is 4.73. The van der Waals surface area contributed by atoms with Crippen LogP contribution in [-0.2, 0) is 16.0 Å². The van der Waals surface area contributed by atoms with Crippen LogP contribution in [0.1, 0.15) is 42.4 Å². The predicted molar refractivity (Wildman–Crippen MR) is 120 cm³/mol. The van der Waals surface area contributed by atoms with Gasteiger partial charge in [-0.15, -0.1) is 0 Å². The second-order valence-corrected chi connectivity index (χ2v) is 8.29. The van der Waals surface area contributed by atoms with Crippen molar-refractivity contribution < 1.29 is 9.53 Å². The molecule has 0 saturated heterocycles. The first-order valence-corrected chi connectivity index (χ1v) is 10.4. The number of nitrogens with one attached hydrogen (secondary N) is 1. The Morgan fingerprint density at radius 1 is 1.31 bits per heavy atom. The van der Waals surface area contributed by atoms with Crippen molar-refractivity contribution in [2.75, 3.05) is 13.7 Å². The molecule has 0 saturated carbocycles. The molecule has 0 fully saturated rings. The van der Waals surface area contributed by atoms with Crippen LogP contribution in [0.5, 0.6) is 0 Å². The Morgan fingerprint density at radius 3 is 2.55 bits per heavy atom. The highest BCUT2D eigenvalue weighted by molar-refractivity contribution is 9.10. The Hall–Kier alpha value is -2.36. The van der Waals surface area contributed by atoms with Crippen molar-refractivity contribution >= 4 is 27.9 Å². The van der Waals surface area contributed by atoms with E-state index in [4.69, 9.17) is 4.74 Å². The summed E-state index contributed by atoms with van der Waals surface area (Å²) in [5.74, 6) is -0.355. The van der Waals surface area contributed by atoms with Crippen molar-refractivity contribution in [3.8, 4) is 6.07 Å². The van der Waals surface area contributed by atoms with Crippen LogP contribution in [0.3, 0.4) is 0 Å². The maximum absolute atomic E-state index is 12.6. The smallest absolute Gasteiger partial charge is 0.262 e. The molecule has 1 aromatic heterocycles. The van der Waals surface area contributed by atoms with Crippen molar-refractivity contribution in [3.05, 3.63) is 62.9 Å². The molecule has 0 spiro atoms. The molecular weight excluding hydrogens is 430 g/mol. The molecular formula is C23H28BrN3O2. The molecule has 1 amide bonds. The van der Waals surface area contributed by atoms with Crippen LogP contribution in [-0.4, -0.2) is 30.2 Å². The van der Waals surface area contributed by atoms with E-state index in [2.05, 4.69) is 32.7 Å². The van der Waals surface area contributed by atoms with Gasteiger partial charge < -0.3 is 14.6 Å². The number of carbonyl (C=O) groups excluding carboxylic acids is 1. The Morgan fingerprint density at radius 2 is 1.97 bits per heavy atom. The number of rotatable bonds is 8. The minimum atomic E-state index is -0.355. The first-order chi connectivity index (χ1) is 13.8. The highest BCUT2D eigenvalue weighted by Crippen LogP contribution is 2.23. The number of hydrogen-bond acceptors (Lipinski definition) is 3. The second kappa shape index (κ2) is 10.4. The van der Waals surface area contributed by atoms with Gasteiger partial charge in [0.15, 0.2) is 0 Å². The van der Waals surface area contributed by atoms with Crippen LogP contribution in [0.4, 0.5) is 0 Å². The number of hydrogen-bond donors (Lipinski definition) is 1. The lowest BCUT2D eigenvalue weighted by molar-refractivity contribution is -0.117. The highest BCUT2D eigenvalue weighted by atomic mass is 79.9. The van der Waals surface area contributed by atoms with Crippen LogP contribution in [0.25, 0.3) is 6.08 Å². The van der Waals surface area contributed by atoms with Gasteiger partial charge in [-0.2, -0.15) is 5.26 Å². The first kappa shape index (κ1) is 22.9. The van der Waals surface area contributed by atoms with Crippen molar-refractivity contribution in [2.45, 2.75) is 46.2 Å². The van der Waals surface area contributed by atoms with E-state index in [0.717, 1.165) is 27.0 Å². The van der Waals surface area contributed by atoms with Gasteiger partial charge >= 0.3 is 0 Å². The standard InChI is InChI=1S/C23H28BrN3O2/c1-15(10-19-6-8-22(24)9-7-19)26-23(28)21(13-25)12-20-11-16(2)27(18(20)4)17(3)14-29-5/h6-9,11-12,15,17H,10,14H2,1-5H3,(H,26,28)/b21-12-. The third kappa shape index (κ3) is 6.06. The summed E-state index contributed by atoms with van der Waals surface area (Å²) in [6.45, 7) is 8.63. The fraction of sp³-hybridized carbons (Fsp3) is 0.391. The third-order valence-electron chi connectivity index (χ3n) is 4.87. The van der Waals surface area contributed by atoms with E-state index in [-0.39, 0.29) is 23.6 Å². The van der Waals surface area contributed by atoms with Gasteiger partial charge in [0.05, 0.1) is 12.6 Å². The number of methoxy groups -OCH3 is 1. The molecule has 5 nitrogen and oxygen atoms in total. The lowest BCUT2D eigenvalue weighted by Gasteiger charge is -2.17. The Bertz CT molecular complexity index is 923. The minimum Gasteiger partial charge on any atom is -0.383 e. The topological polar surface area (TPSA) is 67.0 Å². The van der Waals surface area contributed by atoms with Crippen molar-refractivity contribution in [2.24, 2.45) is 0 Å². The number of nitrogens with zero attached hydrogens (tertiary/aromatic N) is 2. The quantitative estimate of drug-likeness (QED) is 0.460. The highest BCUT2D eigenvalue weighted by Gasteiger charge is 2.17. The average Bonchev–Trinajstić information content (AvgIpc) is 2.94. The molecule has 0 aliphatic rings. The molecule has 29 heavy (non-hydrogen) atoms. The van der Waals surface area contributed by atoms with E-state index >= 15 is 0 Å². The van der Waals surface area contributed by atoms with Gasteiger partial charge in [0.25, 0.3) is 5.91 Å². The molecule has 0 aliphatic carbocycles. The number of aromatic nitrogens is 1. The molecule has 2 rings (SSSR count). The van der Waals surface area contributed by atoms with Gasteiger partial charge in [-0.1, -0.05) is 28.1 Å². The number of halogens is 1. The minimum absolute atomic E-state index is 0.0884. The summed E-state index contributed by atoms with van der Waals surface area (Å²) in [6.07, 6.45) is 2.36. The van der Waals surface area contributed by atoms with Crippen molar-refractivity contribution in [1.82, 2.24) is 9.88 Å². The molecule has 154 valence electrons. The van der Waals surface area contributed by atoms with E-state index in [1.54, 1.807) is 13.2 Å². The lowest BCUT2D eigenvalue weighted by atomic mass is 10.1. The van der Waals surface area contributed by atoms with E-state index in [1.165, 1.54) is 0 Å². The Balaban J connectivity index is 2.15. The van der Waals surface area contributed by atoms with Crippen molar-refractivity contribution in [3.63, 3.8) is 0 Å².